The van der Waals surface area contributed by atoms with Crippen molar-refractivity contribution in [3.63, 3.8) is 0 Å². The summed E-state index contributed by atoms with van der Waals surface area (Å²) in [5, 5.41) is 0. The molecule has 2 nitrogen and oxygen atoms in total. The van der Waals surface area contributed by atoms with Gasteiger partial charge in [0.2, 0.25) is 0 Å². The van der Waals surface area contributed by atoms with Crippen LogP contribution in [0.5, 0.6) is 0 Å². The molecule has 0 aromatic rings. The second-order valence-corrected chi connectivity index (χ2v) is 3.71. The molecule has 0 heterocycles. The largest absolute Gasteiger partial charge is 0.373 e. The third-order valence-electron chi connectivity index (χ3n) is 1.76. The summed E-state index contributed by atoms with van der Waals surface area (Å²) < 4.78 is 5.20. The smallest absolute Gasteiger partial charge is 0.155 e. The van der Waals surface area contributed by atoms with Crippen LogP contribution in [0, 0.1) is 5.41 Å². The predicted octanol–water partition coefficient (Wildman–Crippen LogP) is 2.03. The van der Waals surface area contributed by atoms with Crippen molar-refractivity contribution in [2.75, 3.05) is 13.2 Å². The number of hydrogen-bond acceptors (Lipinski definition) is 2. The van der Waals surface area contributed by atoms with E-state index in [4.69, 9.17) is 4.74 Å². The summed E-state index contributed by atoms with van der Waals surface area (Å²) >= 11 is 0. The number of rotatable bonds is 5. The van der Waals surface area contributed by atoms with E-state index in [-0.39, 0.29) is 17.8 Å². The van der Waals surface area contributed by atoms with Crippen LogP contribution in [0.3, 0.4) is 0 Å². The van der Waals surface area contributed by atoms with E-state index in [1.165, 1.54) is 0 Å². The van der Waals surface area contributed by atoms with E-state index < -0.39 is 0 Å². The van der Waals surface area contributed by atoms with Gasteiger partial charge < -0.3 is 4.74 Å². The van der Waals surface area contributed by atoms with Gasteiger partial charge in [0.1, 0.15) is 6.61 Å². The van der Waals surface area contributed by atoms with E-state index in [2.05, 4.69) is 20.8 Å². The number of ether oxygens (including phenoxy) is 1. The Balaban J connectivity index is 3.45. The molecule has 0 aromatic carbocycles. The Morgan fingerprint density at radius 2 is 2.00 bits per heavy atom. The van der Waals surface area contributed by atoms with Crippen molar-refractivity contribution in [2.24, 2.45) is 5.41 Å². The molecule has 0 N–H and O–H groups in total. The molecule has 0 amide bonds. The molecular formula is C9H18O2. The molecule has 0 atom stereocenters. The summed E-state index contributed by atoms with van der Waals surface area (Å²) in [7, 11) is 0. The highest BCUT2D eigenvalue weighted by Gasteiger charge is 2.14. The Bertz CT molecular complexity index is 128. The molecule has 0 unspecified atom stereocenters. The Hall–Kier alpha value is -0.370. The number of carbonyl (C=O) groups excluding carboxylic acids is 1. The molecule has 0 saturated heterocycles. The molecule has 0 aliphatic heterocycles. The minimum Gasteiger partial charge on any atom is -0.373 e. The van der Waals surface area contributed by atoms with Gasteiger partial charge in [-0.05, 0) is 18.8 Å². The van der Waals surface area contributed by atoms with Crippen molar-refractivity contribution in [3.8, 4) is 0 Å². The van der Waals surface area contributed by atoms with Crippen LogP contribution in [0.25, 0.3) is 0 Å². The number of carbonyl (C=O) groups is 1. The summed E-state index contributed by atoms with van der Waals surface area (Å²) in [4.78, 5) is 10.5. The van der Waals surface area contributed by atoms with Crippen LogP contribution >= 0.6 is 0 Å². The van der Waals surface area contributed by atoms with Gasteiger partial charge in [-0.15, -0.1) is 0 Å². The summed E-state index contributed by atoms with van der Waals surface area (Å²) in [6.45, 7) is 8.85. The lowest BCUT2D eigenvalue weighted by molar-refractivity contribution is -0.122. The van der Waals surface area contributed by atoms with E-state index in [0.29, 0.717) is 6.61 Å². The van der Waals surface area contributed by atoms with E-state index in [0.717, 1.165) is 6.42 Å². The Morgan fingerprint density at radius 3 is 2.36 bits per heavy atom. The molecule has 0 rings (SSSR count). The van der Waals surface area contributed by atoms with E-state index >= 15 is 0 Å². The first kappa shape index (κ1) is 10.6. The summed E-state index contributed by atoms with van der Waals surface area (Å²) in [6.07, 6.45) is 1.07. The van der Waals surface area contributed by atoms with Crippen LogP contribution in [0.2, 0.25) is 0 Å². The molecule has 11 heavy (non-hydrogen) atoms. The maximum absolute atomic E-state index is 10.5. The molecule has 0 aliphatic rings. The number of Topliss-reactive ketones (excluding diaryl/α,β-unsaturated/α-hetero) is 1. The average Bonchev–Trinajstić information content (AvgIpc) is 1.87. The van der Waals surface area contributed by atoms with Crippen molar-refractivity contribution in [1.82, 2.24) is 0 Å². The highest BCUT2D eigenvalue weighted by Crippen LogP contribution is 2.19. The molecule has 0 saturated carbocycles. The van der Waals surface area contributed by atoms with E-state index in [1.54, 1.807) is 6.92 Å². The molecule has 2 heteroatoms. The molecule has 0 spiro atoms. The van der Waals surface area contributed by atoms with Crippen molar-refractivity contribution >= 4 is 5.78 Å². The molecule has 0 fully saturated rings. The third kappa shape index (κ3) is 6.05. The van der Waals surface area contributed by atoms with Crippen LogP contribution < -0.4 is 0 Å². The van der Waals surface area contributed by atoms with Gasteiger partial charge in [-0.2, -0.15) is 0 Å². The normalized spacial score (nSPS) is 11.6. The third-order valence-corrected chi connectivity index (χ3v) is 1.76. The van der Waals surface area contributed by atoms with Crippen LogP contribution in [0.4, 0.5) is 0 Å². The second-order valence-electron chi connectivity index (χ2n) is 3.71. The average molecular weight is 158 g/mol. The lowest BCUT2D eigenvalue weighted by atomic mass is 9.92. The van der Waals surface area contributed by atoms with Gasteiger partial charge in [-0.25, -0.2) is 0 Å². The Kier molecular flexibility index (Phi) is 4.34. The zero-order valence-electron chi connectivity index (χ0n) is 7.94. The van der Waals surface area contributed by atoms with Gasteiger partial charge in [0.15, 0.2) is 5.78 Å². The monoisotopic (exact) mass is 158 g/mol. The zero-order chi connectivity index (χ0) is 8.91. The molecule has 0 radical (unpaired) electrons. The molecular weight excluding hydrogens is 140 g/mol. The fraction of sp³-hybridized carbons (Fsp3) is 0.889. The zero-order valence-corrected chi connectivity index (χ0v) is 7.94. The molecule has 0 bridgehead atoms. The van der Waals surface area contributed by atoms with E-state index in [9.17, 15) is 4.79 Å². The van der Waals surface area contributed by atoms with Crippen molar-refractivity contribution in [2.45, 2.75) is 34.1 Å². The Labute approximate surface area is 68.9 Å². The van der Waals surface area contributed by atoms with Gasteiger partial charge in [0.05, 0.1) is 6.61 Å². The van der Waals surface area contributed by atoms with E-state index in [1.807, 2.05) is 0 Å². The van der Waals surface area contributed by atoms with Crippen LogP contribution in [0.15, 0.2) is 0 Å². The minimum atomic E-state index is 0.0944. The number of hydrogen-bond donors (Lipinski definition) is 0. The summed E-state index contributed by atoms with van der Waals surface area (Å²) in [5.74, 6) is 0.0944. The highest BCUT2D eigenvalue weighted by molar-refractivity contribution is 5.76. The van der Waals surface area contributed by atoms with Gasteiger partial charge in [0.25, 0.3) is 0 Å². The van der Waals surface area contributed by atoms with Crippen molar-refractivity contribution < 1.29 is 9.53 Å². The van der Waals surface area contributed by atoms with Crippen LogP contribution in [0.1, 0.15) is 34.1 Å². The van der Waals surface area contributed by atoms with Crippen LogP contribution in [-0.2, 0) is 9.53 Å². The Morgan fingerprint density at radius 1 is 1.45 bits per heavy atom. The van der Waals surface area contributed by atoms with Crippen molar-refractivity contribution in [1.29, 1.82) is 0 Å². The van der Waals surface area contributed by atoms with Gasteiger partial charge in [-0.3, -0.25) is 4.79 Å². The predicted molar refractivity (Wildman–Crippen MR) is 45.6 cm³/mol. The highest BCUT2D eigenvalue weighted by atomic mass is 16.5. The molecule has 66 valence electrons. The maximum atomic E-state index is 10.5. The van der Waals surface area contributed by atoms with Gasteiger partial charge >= 0.3 is 0 Å². The lowest BCUT2D eigenvalue weighted by Gasteiger charge is -2.21. The first-order valence-electron chi connectivity index (χ1n) is 4.05. The quantitative estimate of drug-likeness (QED) is 0.612. The fourth-order valence-corrected chi connectivity index (χ4v) is 0.573. The SMILES string of the molecule is CCC(C)(C)COCC(C)=O. The molecule has 0 aliphatic carbocycles. The first-order valence-corrected chi connectivity index (χ1v) is 4.05. The number of ketones is 1. The standard InChI is InChI=1S/C9H18O2/c1-5-9(3,4)7-11-6-8(2)10/h5-7H2,1-4H3. The maximum Gasteiger partial charge on any atom is 0.155 e. The van der Waals surface area contributed by atoms with Gasteiger partial charge in [0, 0.05) is 0 Å². The van der Waals surface area contributed by atoms with Gasteiger partial charge in [-0.1, -0.05) is 20.8 Å². The minimum absolute atomic E-state index is 0.0944. The summed E-state index contributed by atoms with van der Waals surface area (Å²) in [5.41, 5.74) is 0.204. The first-order chi connectivity index (χ1) is 4.98. The topological polar surface area (TPSA) is 26.3 Å². The summed E-state index contributed by atoms with van der Waals surface area (Å²) in [6, 6.07) is 0. The molecule has 0 aromatic heterocycles. The van der Waals surface area contributed by atoms with Crippen LogP contribution in [-0.4, -0.2) is 19.0 Å². The fourth-order valence-electron chi connectivity index (χ4n) is 0.573. The lowest BCUT2D eigenvalue weighted by Crippen LogP contribution is -2.20. The van der Waals surface area contributed by atoms with Crippen molar-refractivity contribution in [3.05, 3.63) is 0 Å². The second kappa shape index (κ2) is 4.50.